The first kappa shape index (κ1) is 19.0. The summed E-state index contributed by atoms with van der Waals surface area (Å²) in [5.41, 5.74) is 2.20. The average molecular weight is 352 g/mol. The number of carbonyl (C=O) groups excluding carboxylic acids is 2. The van der Waals surface area contributed by atoms with E-state index in [-0.39, 0.29) is 0 Å². The Morgan fingerprint density at radius 1 is 1.00 bits per heavy atom. The third kappa shape index (κ3) is 5.35. The molecule has 0 heterocycles. The molecule has 0 saturated heterocycles. The van der Waals surface area contributed by atoms with Crippen LogP contribution < -0.4 is 10.1 Å². The summed E-state index contributed by atoms with van der Waals surface area (Å²) >= 11 is 0. The van der Waals surface area contributed by atoms with E-state index in [1.807, 2.05) is 25.1 Å². The number of amides is 1. The summed E-state index contributed by atoms with van der Waals surface area (Å²) in [5, 5.41) is 11.5. The molecule has 2 atom stereocenters. The molecule has 0 fully saturated rings. The molecule has 2 aromatic carbocycles. The van der Waals surface area contributed by atoms with Gasteiger partial charge >= 0.3 is 5.97 Å². The number of hydrogen-bond donors (Lipinski definition) is 1. The van der Waals surface area contributed by atoms with Gasteiger partial charge in [-0.25, -0.2) is 4.79 Å². The molecule has 1 amide bonds. The predicted molar refractivity (Wildman–Crippen MR) is 96.6 cm³/mol. The summed E-state index contributed by atoms with van der Waals surface area (Å²) in [6.07, 6.45) is -1.85. The van der Waals surface area contributed by atoms with Crippen molar-refractivity contribution in [1.82, 2.24) is 0 Å². The second kappa shape index (κ2) is 8.67. The quantitative estimate of drug-likeness (QED) is 0.807. The van der Waals surface area contributed by atoms with Crippen LogP contribution in [0.3, 0.4) is 0 Å². The lowest BCUT2D eigenvalue weighted by Gasteiger charge is -2.18. The minimum atomic E-state index is -0.962. The van der Waals surface area contributed by atoms with Gasteiger partial charge in [0, 0.05) is 5.69 Å². The molecular formula is C20H20N2O4. The van der Waals surface area contributed by atoms with Crippen LogP contribution in [0, 0.1) is 18.3 Å². The summed E-state index contributed by atoms with van der Waals surface area (Å²) in [6.45, 7) is 4.98. The van der Waals surface area contributed by atoms with Crippen molar-refractivity contribution in [3.63, 3.8) is 0 Å². The molecular weight excluding hydrogens is 332 g/mol. The lowest BCUT2D eigenvalue weighted by molar-refractivity contribution is -0.159. The molecule has 6 nitrogen and oxygen atoms in total. The average Bonchev–Trinajstić information content (AvgIpc) is 2.64. The minimum absolute atomic E-state index is 0.423. The molecule has 134 valence electrons. The molecule has 0 spiro atoms. The Hall–Kier alpha value is -3.33. The van der Waals surface area contributed by atoms with Gasteiger partial charge in [-0.15, -0.1) is 0 Å². The first-order valence-electron chi connectivity index (χ1n) is 8.14. The number of carbonyl (C=O) groups is 2. The molecule has 2 aromatic rings. The maximum atomic E-state index is 12.1. The van der Waals surface area contributed by atoms with Gasteiger partial charge in [-0.3, -0.25) is 4.79 Å². The first-order chi connectivity index (χ1) is 12.4. The maximum absolute atomic E-state index is 12.1. The zero-order valence-corrected chi connectivity index (χ0v) is 14.9. The third-order valence-corrected chi connectivity index (χ3v) is 3.61. The van der Waals surface area contributed by atoms with E-state index < -0.39 is 24.1 Å². The number of ether oxygens (including phenoxy) is 2. The zero-order chi connectivity index (χ0) is 19.1. The molecule has 0 radical (unpaired) electrons. The van der Waals surface area contributed by atoms with Crippen molar-refractivity contribution in [3.05, 3.63) is 59.7 Å². The highest BCUT2D eigenvalue weighted by molar-refractivity contribution is 5.95. The lowest BCUT2D eigenvalue weighted by atomic mass is 10.2. The second-order valence-electron chi connectivity index (χ2n) is 5.83. The number of esters is 1. The molecule has 0 aliphatic rings. The highest BCUT2D eigenvalue weighted by Crippen LogP contribution is 2.15. The molecule has 1 N–H and O–H groups in total. The minimum Gasteiger partial charge on any atom is -0.479 e. The van der Waals surface area contributed by atoms with Crippen molar-refractivity contribution in [1.29, 1.82) is 5.26 Å². The van der Waals surface area contributed by atoms with E-state index in [4.69, 9.17) is 14.7 Å². The Balaban J connectivity index is 1.87. The van der Waals surface area contributed by atoms with Crippen LogP contribution in [0.1, 0.15) is 25.0 Å². The molecule has 0 aliphatic heterocycles. The molecule has 6 heteroatoms. The number of benzene rings is 2. The molecule has 0 bridgehead atoms. The van der Waals surface area contributed by atoms with Gasteiger partial charge in [0.15, 0.2) is 12.2 Å². The largest absolute Gasteiger partial charge is 0.479 e. The van der Waals surface area contributed by atoms with E-state index in [9.17, 15) is 9.59 Å². The zero-order valence-electron chi connectivity index (χ0n) is 14.9. The fourth-order valence-electron chi connectivity index (χ4n) is 2.06. The first-order valence-corrected chi connectivity index (χ1v) is 8.14. The summed E-state index contributed by atoms with van der Waals surface area (Å²) in [6, 6.07) is 15.7. The number of nitriles is 1. The van der Waals surface area contributed by atoms with Crippen molar-refractivity contribution < 1.29 is 19.1 Å². The lowest BCUT2D eigenvalue weighted by Crippen LogP contribution is -2.35. The van der Waals surface area contributed by atoms with Crippen LogP contribution in [-0.2, 0) is 14.3 Å². The number of anilines is 1. The van der Waals surface area contributed by atoms with Crippen molar-refractivity contribution in [3.8, 4) is 11.8 Å². The van der Waals surface area contributed by atoms with Gasteiger partial charge in [-0.1, -0.05) is 17.7 Å². The molecule has 0 unspecified atom stereocenters. The molecule has 0 aromatic heterocycles. The SMILES string of the molecule is Cc1ccc(NC(=O)[C@H](C)OC(=O)[C@H](C)Oc2ccc(C#N)cc2)cc1. The summed E-state index contributed by atoms with van der Waals surface area (Å²) in [7, 11) is 0. The van der Waals surface area contributed by atoms with Crippen LogP contribution in [0.25, 0.3) is 0 Å². The van der Waals surface area contributed by atoms with Gasteiger partial charge in [-0.2, -0.15) is 5.26 Å². The van der Waals surface area contributed by atoms with Gasteiger partial charge in [-0.05, 0) is 57.2 Å². The van der Waals surface area contributed by atoms with Crippen LogP contribution in [-0.4, -0.2) is 24.1 Å². The third-order valence-electron chi connectivity index (χ3n) is 3.61. The topological polar surface area (TPSA) is 88.4 Å². The van der Waals surface area contributed by atoms with Gasteiger partial charge < -0.3 is 14.8 Å². The van der Waals surface area contributed by atoms with Crippen LogP contribution in [0.15, 0.2) is 48.5 Å². The van der Waals surface area contributed by atoms with E-state index in [0.717, 1.165) is 5.56 Å². The predicted octanol–water partition coefficient (Wildman–Crippen LogP) is 3.20. The van der Waals surface area contributed by atoms with Crippen LogP contribution in [0.4, 0.5) is 5.69 Å². The fourth-order valence-corrected chi connectivity index (χ4v) is 2.06. The van der Waals surface area contributed by atoms with E-state index >= 15 is 0 Å². The van der Waals surface area contributed by atoms with Crippen molar-refractivity contribution >= 4 is 17.6 Å². The van der Waals surface area contributed by atoms with Crippen molar-refractivity contribution in [2.75, 3.05) is 5.32 Å². The Morgan fingerprint density at radius 2 is 1.62 bits per heavy atom. The van der Waals surface area contributed by atoms with Gasteiger partial charge in [0.25, 0.3) is 5.91 Å². The molecule has 26 heavy (non-hydrogen) atoms. The number of hydrogen-bond acceptors (Lipinski definition) is 5. The van der Waals surface area contributed by atoms with Gasteiger partial charge in [0.05, 0.1) is 11.6 Å². The highest BCUT2D eigenvalue weighted by Gasteiger charge is 2.23. The molecule has 2 rings (SSSR count). The van der Waals surface area contributed by atoms with E-state index in [1.165, 1.54) is 13.8 Å². The van der Waals surface area contributed by atoms with E-state index in [0.29, 0.717) is 17.0 Å². The van der Waals surface area contributed by atoms with Crippen molar-refractivity contribution in [2.24, 2.45) is 0 Å². The Morgan fingerprint density at radius 3 is 2.19 bits per heavy atom. The van der Waals surface area contributed by atoms with Crippen molar-refractivity contribution in [2.45, 2.75) is 33.0 Å². The number of nitrogens with one attached hydrogen (secondary N) is 1. The monoisotopic (exact) mass is 352 g/mol. The standard InChI is InChI=1S/C20H20N2O4/c1-13-4-8-17(9-5-13)22-19(23)14(2)26-20(24)15(3)25-18-10-6-16(12-21)7-11-18/h4-11,14-15H,1-3H3,(H,22,23)/t14-,15-/m0/s1. The normalized spacial score (nSPS) is 12.4. The van der Waals surface area contributed by atoms with Gasteiger partial charge in [0.1, 0.15) is 5.75 Å². The Labute approximate surface area is 152 Å². The highest BCUT2D eigenvalue weighted by atomic mass is 16.6. The van der Waals surface area contributed by atoms with E-state index in [2.05, 4.69) is 5.32 Å². The maximum Gasteiger partial charge on any atom is 0.347 e. The van der Waals surface area contributed by atoms with Crippen LogP contribution >= 0.6 is 0 Å². The van der Waals surface area contributed by atoms with Crippen LogP contribution in [0.5, 0.6) is 5.75 Å². The summed E-state index contributed by atoms with van der Waals surface area (Å²) < 4.78 is 10.6. The van der Waals surface area contributed by atoms with E-state index in [1.54, 1.807) is 36.4 Å². The smallest absolute Gasteiger partial charge is 0.347 e. The molecule has 0 aliphatic carbocycles. The second-order valence-corrected chi connectivity index (χ2v) is 5.83. The Kier molecular flexibility index (Phi) is 6.34. The Bertz CT molecular complexity index is 807. The number of nitrogens with zero attached hydrogens (tertiary/aromatic N) is 1. The van der Waals surface area contributed by atoms with Crippen LogP contribution in [0.2, 0.25) is 0 Å². The summed E-state index contributed by atoms with van der Waals surface area (Å²) in [4.78, 5) is 24.2. The number of aryl methyl sites for hydroxylation is 1. The van der Waals surface area contributed by atoms with Gasteiger partial charge in [0.2, 0.25) is 0 Å². The number of rotatable bonds is 6. The summed E-state index contributed by atoms with van der Waals surface area (Å²) in [5.74, 6) is -0.640. The fraction of sp³-hybridized carbons (Fsp3) is 0.250. The molecule has 0 saturated carbocycles.